The predicted molar refractivity (Wildman–Crippen MR) is 99.2 cm³/mol. The fourth-order valence-corrected chi connectivity index (χ4v) is 4.07. The van der Waals surface area contributed by atoms with Crippen LogP contribution in [0.25, 0.3) is 0 Å². The Morgan fingerprint density at radius 3 is 2.96 bits per heavy atom. The minimum absolute atomic E-state index is 0.0360. The highest BCUT2D eigenvalue weighted by Gasteiger charge is 2.38. The van der Waals surface area contributed by atoms with E-state index in [1.807, 2.05) is 17.0 Å². The van der Waals surface area contributed by atoms with Gasteiger partial charge in [0.15, 0.2) is 0 Å². The van der Waals surface area contributed by atoms with Crippen LogP contribution in [0.1, 0.15) is 34.3 Å². The van der Waals surface area contributed by atoms with Gasteiger partial charge in [0, 0.05) is 38.1 Å². The lowest BCUT2D eigenvalue weighted by Crippen LogP contribution is -2.46. The van der Waals surface area contributed by atoms with Gasteiger partial charge in [-0.15, -0.1) is 0 Å². The normalized spacial score (nSPS) is 21.7. The van der Waals surface area contributed by atoms with Gasteiger partial charge in [-0.1, -0.05) is 6.07 Å². The molecule has 1 aliphatic carbocycles. The molecule has 1 atom stereocenters. The molecule has 1 aromatic carbocycles. The highest BCUT2D eigenvalue weighted by molar-refractivity contribution is 5.94. The molecule has 136 valence electrons. The zero-order chi connectivity index (χ0) is 18.1. The molecule has 4 rings (SSSR count). The fraction of sp³-hybridized carbons (Fsp3) is 0.450. The number of rotatable bonds is 4. The minimum Gasteiger partial charge on any atom is -0.386 e. The van der Waals surface area contributed by atoms with E-state index in [0.717, 1.165) is 18.7 Å². The first-order valence-corrected chi connectivity index (χ1v) is 9.15. The van der Waals surface area contributed by atoms with Crippen LogP contribution in [0, 0.1) is 0 Å². The molecule has 1 saturated heterocycles. The molecule has 2 aromatic rings. The monoisotopic (exact) mass is 352 g/mol. The molecule has 0 radical (unpaired) electrons. The van der Waals surface area contributed by atoms with Gasteiger partial charge in [-0.25, -0.2) is 4.98 Å². The number of β-amino-alcohol motifs (C(OH)–C–C–N with tert-alkyl or cyclic N) is 1. The lowest BCUT2D eigenvalue weighted by Gasteiger charge is -2.29. The average molecular weight is 352 g/mol. The van der Waals surface area contributed by atoms with Crippen LogP contribution in [0.2, 0.25) is 0 Å². The molecule has 1 N–H and O–H groups in total. The van der Waals surface area contributed by atoms with E-state index in [1.54, 1.807) is 30.5 Å². The molecule has 6 heteroatoms. The van der Waals surface area contributed by atoms with Crippen molar-refractivity contribution in [2.45, 2.75) is 31.3 Å². The lowest BCUT2D eigenvalue weighted by molar-refractivity contribution is 0.0264. The summed E-state index contributed by atoms with van der Waals surface area (Å²) in [6, 6.07) is 6.00. The molecule has 2 heterocycles. The van der Waals surface area contributed by atoms with Gasteiger partial charge in [0.1, 0.15) is 11.4 Å². The van der Waals surface area contributed by atoms with Gasteiger partial charge < -0.3 is 14.9 Å². The standard InChI is InChI=1S/C20H24N4O2/c1-23(19(25)17-6-5-15-3-2-4-16(15)11-17)13-20(26)7-10-24(14-20)18-12-21-8-9-22-18/h5-6,8-9,11-12,26H,2-4,7,10,13-14H2,1H3/t20-/m1/s1. The number of amides is 1. The zero-order valence-electron chi connectivity index (χ0n) is 15.1. The Balaban J connectivity index is 1.42. The maximum absolute atomic E-state index is 12.8. The number of nitrogens with zero attached hydrogens (tertiary/aromatic N) is 4. The smallest absolute Gasteiger partial charge is 0.253 e. The average Bonchev–Trinajstić information content (AvgIpc) is 3.27. The third-order valence-electron chi connectivity index (χ3n) is 5.43. The molecule has 0 saturated carbocycles. The number of hydrogen-bond acceptors (Lipinski definition) is 5. The Morgan fingerprint density at radius 2 is 2.15 bits per heavy atom. The van der Waals surface area contributed by atoms with E-state index in [2.05, 4.69) is 16.0 Å². The minimum atomic E-state index is -0.932. The Bertz CT molecular complexity index is 811. The van der Waals surface area contributed by atoms with Crippen LogP contribution in [0.3, 0.4) is 0 Å². The number of fused-ring (bicyclic) bond motifs is 1. The number of aliphatic hydroxyl groups is 1. The number of carbonyl (C=O) groups excluding carboxylic acids is 1. The number of carbonyl (C=O) groups is 1. The van der Waals surface area contributed by atoms with Crippen molar-refractivity contribution in [3.63, 3.8) is 0 Å². The van der Waals surface area contributed by atoms with Crippen LogP contribution in [0.5, 0.6) is 0 Å². The van der Waals surface area contributed by atoms with Crippen molar-refractivity contribution in [2.75, 3.05) is 31.6 Å². The summed E-state index contributed by atoms with van der Waals surface area (Å²) in [5, 5.41) is 11.0. The number of anilines is 1. The van der Waals surface area contributed by atoms with E-state index < -0.39 is 5.60 Å². The Labute approximate surface area is 153 Å². The van der Waals surface area contributed by atoms with Crippen LogP contribution in [0.15, 0.2) is 36.8 Å². The van der Waals surface area contributed by atoms with Crippen LogP contribution in [0.4, 0.5) is 5.82 Å². The van der Waals surface area contributed by atoms with Crippen LogP contribution >= 0.6 is 0 Å². The number of benzene rings is 1. The SMILES string of the molecule is CN(C[C@]1(O)CCN(c2cnccn2)C1)C(=O)c1ccc2c(c1)CCC2. The molecule has 1 aliphatic heterocycles. The van der Waals surface area contributed by atoms with Crippen molar-refractivity contribution in [1.29, 1.82) is 0 Å². The molecule has 2 aliphatic rings. The van der Waals surface area contributed by atoms with Crippen LogP contribution in [-0.4, -0.2) is 58.2 Å². The summed E-state index contributed by atoms with van der Waals surface area (Å²) >= 11 is 0. The lowest BCUT2D eigenvalue weighted by atomic mass is 10.0. The summed E-state index contributed by atoms with van der Waals surface area (Å²) in [7, 11) is 1.76. The van der Waals surface area contributed by atoms with Crippen molar-refractivity contribution in [1.82, 2.24) is 14.9 Å². The first kappa shape index (κ1) is 17.0. The van der Waals surface area contributed by atoms with Crippen molar-refractivity contribution in [3.05, 3.63) is 53.5 Å². The molecule has 26 heavy (non-hydrogen) atoms. The third-order valence-corrected chi connectivity index (χ3v) is 5.43. The van der Waals surface area contributed by atoms with Gasteiger partial charge in [0.2, 0.25) is 0 Å². The van der Waals surface area contributed by atoms with Crippen molar-refractivity contribution in [2.24, 2.45) is 0 Å². The zero-order valence-corrected chi connectivity index (χ0v) is 15.1. The molecule has 0 unspecified atom stereocenters. The van der Waals surface area contributed by atoms with Crippen LogP contribution < -0.4 is 4.90 Å². The summed E-state index contributed by atoms with van der Waals surface area (Å²) in [5.74, 6) is 0.724. The van der Waals surface area contributed by atoms with Gasteiger partial charge >= 0.3 is 0 Å². The number of aromatic nitrogens is 2. The third kappa shape index (κ3) is 3.29. The Kier molecular flexibility index (Phi) is 4.36. The molecule has 1 fully saturated rings. The van der Waals surface area contributed by atoms with Gasteiger partial charge in [0.05, 0.1) is 12.7 Å². The summed E-state index contributed by atoms with van der Waals surface area (Å²) in [4.78, 5) is 24.8. The van der Waals surface area contributed by atoms with E-state index >= 15 is 0 Å². The summed E-state index contributed by atoms with van der Waals surface area (Å²) < 4.78 is 0. The fourth-order valence-electron chi connectivity index (χ4n) is 4.07. The van der Waals surface area contributed by atoms with E-state index in [4.69, 9.17) is 0 Å². The highest BCUT2D eigenvalue weighted by Crippen LogP contribution is 2.27. The topological polar surface area (TPSA) is 69.6 Å². The maximum atomic E-state index is 12.8. The van der Waals surface area contributed by atoms with Crippen molar-refractivity contribution >= 4 is 11.7 Å². The maximum Gasteiger partial charge on any atom is 0.253 e. The first-order valence-electron chi connectivity index (χ1n) is 9.15. The van der Waals surface area contributed by atoms with E-state index in [9.17, 15) is 9.90 Å². The first-order chi connectivity index (χ1) is 12.5. The molecular weight excluding hydrogens is 328 g/mol. The predicted octanol–water partition coefficient (Wildman–Crippen LogP) is 1.68. The molecule has 6 nitrogen and oxygen atoms in total. The van der Waals surface area contributed by atoms with E-state index in [1.165, 1.54) is 17.5 Å². The van der Waals surface area contributed by atoms with Crippen molar-refractivity contribution < 1.29 is 9.90 Å². The van der Waals surface area contributed by atoms with Gasteiger partial charge in [-0.2, -0.15) is 0 Å². The second-order valence-electron chi connectivity index (χ2n) is 7.46. The summed E-state index contributed by atoms with van der Waals surface area (Å²) in [6.45, 7) is 1.46. The number of aryl methyl sites for hydroxylation is 2. The van der Waals surface area contributed by atoms with Gasteiger partial charge in [-0.3, -0.25) is 9.78 Å². The van der Waals surface area contributed by atoms with Crippen molar-refractivity contribution in [3.8, 4) is 0 Å². The second kappa shape index (κ2) is 6.68. The van der Waals surface area contributed by atoms with E-state index in [0.29, 0.717) is 31.6 Å². The molecule has 0 spiro atoms. The quantitative estimate of drug-likeness (QED) is 0.907. The molecule has 1 amide bonds. The summed E-state index contributed by atoms with van der Waals surface area (Å²) in [5.41, 5.74) is 2.43. The van der Waals surface area contributed by atoms with E-state index in [-0.39, 0.29) is 5.91 Å². The van der Waals surface area contributed by atoms with Gasteiger partial charge in [0.25, 0.3) is 5.91 Å². The largest absolute Gasteiger partial charge is 0.386 e. The summed E-state index contributed by atoms with van der Waals surface area (Å²) in [6.07, 6.45) is 8.91. The second-order valence-corrected chi connectivity index (χ2v) is 7.46. The highest BCUT2D eigenvalue weighted by atomic mass is 16.3. The molecule has 0 bridgehead atoms. The number of likely N-dealkylation sites (N-methyl/N-ethyl adjacent to an activating group) is 1. The Morgan fingerprint density at radius 1 is 1.31 bits per heavy atom. The molecule has 1 aromatic heterocycles. The van der Waals surface area contributed by atoms with Crippen LogP contribution in [-0.2, 0) is 12.8 Å². The Hall–Kier alpha value is -2.47. The molecular formula is C20H24N4O2. The number of hydrogen-bond donors (Lipinski definition) is 1. The van der Waals surface area contributed by atoms with Gasteiger partial charge in [-0.05, 0) is 48.9 Å².